The van der Waals surface area contributed by atoms with E-state index in [2.05, 4.69) is 15.4 Å². The molecule has 1 amide bonds. The number of nitrogens with zero attached hydrogens (tertiary/aromatic N) is 4. The Balaban J connectivity index is 1.44. The van der Waals surface area contributed by atoms with Crippen LogP contribution in [-0.2, 0) is 25.4 Å². The molecular weight excluding hydrogens is 389 g/mol. The van der Waals surface area contributed by atoms with Crippen LogP contribution in [0, 0.1) is 5.82 Å². The summed E-state index contributed by atoms with van der Waals surface area (Å²) in [5.41, 5.74) is 3.97. The number of aromatic nitrogens is 4. The van der Waals surface area contributed by atoms with Crippen LogP contribution in [0.1, 0.15) is 5.56 Å². The molecule has 1 N–H and O–H groups in total. The zero-order valence-corrected chi connectivity index (χ0v) is 16.7. The summed E-state index contributed by atoms with van der Waals surface area (Å²) in [5, 5.41) is 6.87. The summed E-state index contributed by atoms with van der Waals surface area (Å²) in [6.07, 6.45) is 1.10. The van der Waals surface area contributed by atoms with Crippen LogP contribution in [0.15, 0.2) is 48.8 Å². The Morgan fingerprint density at radius 2 is 2.00 bits per heavy atom. The number of rotatable bonds is 5. The van der Waals surface area contributed by atoms with Crippen LogP contribution in [0.25, 0.3) is 22.3 Å². The van der Waals surface area contributed by atoms with Gasteiger partial charge in [0, 0.05) is 31.8 Å². The molecule has 9 heteroatoms. The minimum absolute atomic E-state index is 0.101. The van der Waals surface area contributed by atoms with Crippen LogP contribution in [0.5, 0.6) is 5.75 Å². The van der Waals surface area contributed by atoms with Crippen molar-refractivity contribution in [1.29, 1.82) is 0 Å². The van der Waals surface area contributed by atoms with Gasteiger partial charge in [-0.2, -0.15) is 5.10 Å². The van der Waals surface area contributed by atoms with Crippen LogP contribution in [-0.4, -0.2) is 32.5 Å². The number of anilines is 1. The minimum atomic E-state index is -0.633. The molecule has 4 rings (SSSR count). The van der Waals surface area contributed by atoms with E-state index in [4.69, 9.17) is 9.47 Å². The molecule has 0 bridgehead atoms. The van der Waals surface area contributed by atoms with E-state index in [-0.39, 0.29) is 6.61 Å². The second-order valence-corrected chi connectivity index (χ2v) is 6.76. The number of imidazole rings is 1. The first kappa shape index (κ1) is 19.4. The first-order valence-corrected chi connectivity index (χ1v) is 9.16. The summed E-state index contributed by atoms with van der Waals surface area (Å²) in [6, 6.07) is 11.6. The molecule has 0 radical (unpaired) electrons. The van der Waals surface area contributed by atoms with Crippen LogP contribution in [0.2, 0.25) is 0 Å². The summed E-state index contributed by atoms with van der Waals surface area (Å²) >= 11 is 0. The van der Waals surface area contributed by atoms with Crippen molar-refractivity contribution >= 4 is 22.9 Å². The summed E-state index contributed by atoms with van der Waals surface area (Å²) in [4.78, 5) is 16.5. The quantitative estimate of drug-likeness (QED) is 0.541. The molecule has 0 saturated carbocycles. The second kappa shape index (κ2) is 7.86. The highest BCUT2D eigenvalue weighted by molar-refractivity contribution is 5.85. The molecule has 8 nitrogen and oxygen atoms in total. The molecule has 0 spiro atoms. The Hall–Kier alpha value is -3.88. The van der Waals surface area contributed by atoms with Crippen molar-refractivity contribution in [2.24, 2.45) is 14.1 Å². The van der Waals surface area contributed by atoms with E-state index in [9.17, 15) is 9.18 Å². The van der Waals surface area contributed by atoms with Crippen molar-refractivity contribution < 1.29 is 18.7 Å². The fourth-order valence-electron chi connectivity index (χ4n) is 3.22. The topological polar surface area (TPSA) is 83.2 Å². The molecule has 0 fully saturated rings. The predicted molar refractivity (Wildman–Crippen MR) is 110 cm³/mol. The van der Waals surface area contributed by atoms with Gasteiger partial charge in [0.2, 0.25) is 0 Å². The van der Waals surface area contributed by atoms with Crippen molar-refractivity contribution in [3.8, 4) is 17.0 Å². The minimum Gasteiger partial charge on any atom is -0.496 e. The molecule has 30 heavy (non-hydrogen) atoms. The average molecular weight is 409 g/mol. The number of hydrogen-bond acceptors (Lipinski definition) is 5. The van der Waals surface area contributed by atoms with E-state index in [1.165, 1.54) is 19.2 Å². The van der Waals surface area contributed by atoms with E-state index in [1.54, 1.807) is 30.2 Å². The molecule has 0 aliphatic carbocycles. The van der Waals surface area contributed by atoms with Gasteiger partial charge in [-0.25, -0.2) is 14.2 Å². The third-order valence-electron chi connectivity index (χ3n) is 4.71. The first-order valence-electron chi connectivity index (χ1n) is 9.16. The van der Waals surface area contributed by atoms with Crippen LogP contribution < -0.4 is 10.1 Å². The molecule has 4 aromatic rings. The molecule has 0 saturated heterocycles. The van der Waals surface area contributed by atoms with E-state index in [0.29, 0.717) is 22.8 Å². The number of hydrogen-bond donors (Lipinski definition) is 1. The Kier molecular flexibility index (Phi) is 5.09. The molecule has 0 aliphatic heterocycles. The van der Waals surface area contributed by atoms with Gasteiger partial charge in [0.25, 0.3) is 0 Å². The van der Waals surface area contributed by atoms with Gasteiger partial charge in [0.05, 0.1) is 30.2 Å². The Labute approximate surface area is 171 Å². The SMILES string of the molecule is COc1cc(F)ccc1-c1cc(NC(=O)OCc2ccc3c(c2)ncn3C)nn1C. The molecule has 154 valence electrons. The number of carbonyl (C=O) groups excluding carboxylic acids is 1. The number of benzene rings is 2. The third kappa shape index (κ3) is 3.82. The van der Waals surface area contributed by atoms with Gasteiger partial charge in [-0.15, -0.1) is 0 Å². The summed E-state index contributed by atoms with van der Waals surface area (Å²) < 4.78 is 27.5. The lowest BCUT2D eigenvalue weighted by Crippen LogP contribution is -2.14. The van der Waals surface area contributed by atoms with Crippen LogP contribution in [0.4, 0.5) is 15.0 Å². The third-order valence-corrected chi connectivity index (χ3v) is 4.71. The maximum atomic E-state index is 13.5. The normalized spacial score (nSPS) is 10.9. The van der Waals surface area contributed by atoms with Crippen LogP contribution >= 0.6 is 0 Å². The monoisotopic (exact) mass is 409 g/mol. The zero-order valence-electron chi connectivity index (χ0n) is 16.7. The van der Waals surface area contributed by atoms with Gasteiger partial charge in [-0.3, -0.25) is 10.00 Å². The van der Waals surface area contributed by atoms with E-state index in [0.717, 1.165) is 16.6 Å². The van der Waals surface area contributed by atoms with Crippen molar-refractivity contribution in [2.45, 2.75) is 6.61 Å². The molecule has 0 atom stereocenters. The lowest BCUT2D eigenvalue weighted by molar-refractivity contribution is 0.155. The van der Waals surface area contributed by atoms with Gasteiger partial charge in [0.15, 0.2) is 5.82 Å². The maximum Gasteiger partial charge on any atom is 0.413 e. The largest absolute Gasteiger partial charge is 0.496 e. The van der Waals surface area contributed by atoms with Crippen molar-refractivity contribution in [2.75, 3.05) is 12.4 Å². The summed E-state index contributed by atoms with van der Waals surface area (Å²) in [7, 11) is 5.10. The first-order chi connectivity index (χ1) is 14.4. The lowest BCUT2D eigenvalue weighted by Gasteiger charge is -2.08. The van der Waals surface area contributed by atoms with E-state index < -0.39 is 11.9 Å². The zero-order chi connectivity index (χ0) is 21.3. The molecule has 0 unspecified atom stereocenters. The number of methoxy groups -OCH3 is 1. The second-order valence-electron chi connectivity index (χ2n) is 6.76. The average Bonchev–Trinajstić information content (AvgIpc) is 3.28. The van der Waals surface area contributed by atoms with Crippen molar-refractivity contribution in [3.63, 3.8) is 0 Å². The number of aryl methyl sites for hydroxylation is 2. The number of nitrogens with one attached hydrogen (secondary N) is 1. The molecular formula is C21H20FN5O3. The van der Waals surface area contributed by atoms with Gasteiger partial charge < -0.3 is 14.0 Å². The number of halogens is 1. The van der Waals surface area contributed by atoms with Crippen molar-refractivity contribution in [3.05, 3.63) is 60.2 Å². The number of amides is 1. The van der Waals surface area contributed by atoms with Gasteiger partial charge in [-0.05, 0) is 29.8 Å². The number of ether oxygens (including phenoxy) is 2. The standard InChI is InChI=1S/C21H20FN5O3/c1-26-12-23-16-8-13(4-7-17(16)26)11-30-21(28)24-20-10-18(27(2)25-20)15-6-5-14(22)9-19(15)29-3/h4-10,12H,11H2,1-3H3,(H,24,25,28). The highest BCUT2D eigenvalue weighted by Crippen LogP contribution is 2.31. The summed E-state index contributed by atoms with van der Waals surface area (Å²) in [6.45, 7) is 0.101. The molecule has 2 heterocycles. The summed E-state index contributed by atoms with van der Waals surface area (Å²) in [5.74, 6) is 0.282. The van der Waals surface area contributed by atoms with E-state index in [1.807, 2.05) is 29.8 Å². The molecule has 0 aliphatic rings. The highest BCUT2D eigenvalue weighted by atomic mass is 19.1. The Morgan fingerprint density at radius 1 is 1.17 bits per heavy atom. The lowest BCUT2D eigenvalue weighted by atomic mass is 10.1. The van der Waals surface area contributed by atoms with Gasteiger partial charge in [-0.1, -0.05) is 6.07 Å². The van der Waals surface area contributed by atoms with Crippen LogP contribution in [0.3, 0.4) is 0 Å². The van der Waals surface area contributed by atoms with Crippen molar-refractivity contribution in [1.82, 2.24) is 19.3 Å². The predicted octanol–water partition coefficient (Wildman–Crippen LogP) is 3.87. The maximum absolute atomic E-state index is 13.5. The fourth-order valence-corrected chi connectivity index (χ4v) is 3.22. The molecule has 2 aromatic heterocycles. The Morgan fingerprint density at radius 3 is 2.80 bits per heavy atom. The Bertz CT molecular complexity index is 1230. The number of carbonyl (C=O) groups is 1. The molecule has 2 aromatic carbocycles. The number of fused-ring (bicyclic) bond motifs is 1. The van der Waals surface area contributed by atoms with Gasteiger partial charge >= 0.3 is 6.09 Å². The fraction of sp³-hybridized carbons (Fsp3) is 0.190. The van der Waals surface area contributed by atoms with Gasteiger partial charge in [0.1, 0.15) is 18.2 Å². The highest BCUT2D eigenvalue weighted by Gasteiger charge is 2.15. The smallest absolute Gasteiger partial charge is 0.413 e. The van der Waals surface area contributed by atoms with E-state index >= 15 is 0 Å².